The van der Waals surface area contributed by atoms with Crippen LogP contribution < -0.4 is 10.1 Å². The van der Waals surface area contributed by atoms with E-state index in [9.17, 15) is 13.2 Å². The highest BCUT2D eigenvalue weighted by atomic mass is 35.5. The van der Waals surface area contributed by atoms with Gasteiger partial charge in [0.2, 0.25) is 5.91 Å². The number of hydrogen-bond acceptors (Lipinski definition) is 5. The van der Waals surface area contributed by atoms with Crippen LogP contribution in [0.3, 0.4) is 0 Å². The molecule has 0 bridgehead atoms. The first-order valence-electron chi connectivity index (χ1n) is 9.34. The van der Waals surface area contributed by atoms with Gasteiger partial charge in [0.05, 0.1) is 17.5 Å². The van der Waals surface area contributed by atoms with Crippen LogP contribution in [0.5, 0.6) is 5.75 Å². The van der Waals surface area contributed by atoms with Crippen LogP contribution in [0.15, 0.2) is 70.9 Å². The van der Waals surface area contributed by atoms with E-state index < -0.39 is 9.84 Å². The number of ether oxygens (including phenoxy) is 1. The van der Waals surface area contributed by atoms with E-state index in [2.05, 4.69) is 5.32 Å². The van der Waals surface area contributed by atoms with E-state index in [4.69, 9.17) is 16.3 Å². The van der Waals surface area contributed by atoms with Crippen molar-refractivity contribution in [1.29, 1.82) is 0 Å². The second kappa shape index (κ2) is 10.1. The number of amides is 1. The van der Waals surface area contributed by atoms with E-state index in [1.54, 1.807) is 23.5 Å². The highest BCUT2D eigenvalue weighted by Crippen LogP contribution is 2.27. The molecule has 2 aromatic carbocycles. The number of carbonyl (C=O) groups is 1. The fourth-order valence-electron chi connectivity index (χ4n) is 2.87. The van der Waals surface area contributed by atoms with Crippen LogP contribution in [0.4, 0.5) is 0 Å². The molecule has 1 aromatic heterocycles. The third kappa shape index (κ3) is 6.32. The number of halogens is 1. The maximum atomic E-state index is 12.5. The largest absolute Gasteiger partial charge is 0.494 e. The van der Waals surface area contributed by atoms with Gasteiger partial charge in [-0.25, -0.2) is 8.42 Å². The van der Waals surface area contributed by atoms with Crippen LogP contribution in [-0.4, -0.2) is 27.2 Å². The molecule has 3 rings (SSSR count). The molecule has 0 aliphatic heterocycles. The lowest BCUT2D eigenvalue weighted by molar-refractivity contribution is -0.121. The summed E-state index contributed by atoms with van der Waals surface area (Å²) in [5.74, 6) is 0.500. The minimum Gasteiger partial charge on any atom is -0.494 e. The van der Waals surface area contributed by atoms with Crippen molar-refractivity contribution in [2.45, 2.75) is 23.8 Å². The lowest BCUT2D eigenvalue weighted by Gasteiger charge is -2.18. The first-order valence-corrected chi connectivity index (χ1v) is 12.5. The zero-order valence-corrected chi connectivity index (χ0v) is 18.8. The summed E-state index contributed by atoms with van der Waals surface area (Å²) in [7, 11) is -3.23. The number of sulfone groups is 1. The second-order valence-corrected chi connectivity index (χ2v) is 10.2. The summed E-state index contributed by atoms with van der Waals surface area (Å²) in [6, 6.07) is 17.4. The molecule has 0 fully saturated rings. The minimum absolute atomic E-state index is 0.0700. The maximum Gasteiger partial charge on any atom is 0.220 e. The summed E-state index contributed by atoms with van der Waals surface area (Å²) in [6.45, 7) is 0.357. The maximum absolute atomic E-state index is 12.5. The Morgan fingerprint density at radius 1 is 1.10 bits per heavy atom. The lowest BCUT2D eigenvalue weighted by atomic mass is 10.1. The fraction of sp³-hybridized carbons (Fsp3) is 0.227. The highest BCUT2D eigenvalue weighted by Gasteiger charge is 2.17. The second-order valence-electron chi connectivity index (χ2n) is 6.76. The molecule has 1 amide bonds. The molecule has 0 spiro atoms. The predicted octanol–water partition coefficient (Wildman–Crippen LogP) is 4.87. The third-order valence-corrected chi connectivity index (χ3v) is 6.72. The molecule has 1 heterocycles. The van der Waals surface area contributed by atoms with Crippen molar-refractivity contribution >= 4 is 38.7 Å². The minimum atomic E-state index is -3.23. The average molecular weight is 464 g/mol. The molecule has 0 saturated carbocycles. The first kappa shape index (κ1) is 22.3. The van der Waals surface area contributed by atoms with Crippen LogP contribution in [0.25, 0.3) is 0 Å². The van der Waals surface area contributed by atoms with Crippen molar-refractivity contribution in [1.82, 2.24) is 5.32 Å². The van der Waals surface area contributed by atoms with Crippen molar-refractivity contribution in [3.8, 4) is 5.75 Å². The molecule has 0 aliphatic carbocycles. The standard InChI is InChI=1S/C22H22ClNO4S2/c1-30(26,27)19-12-10-18(11-13-19)28-14-2-5-21(25)24-22(20-4-3-15-29-20)16-6-8-17(23)9-7-16/h3-4,6-13,15,22H,2,5,14H2,1H3,(H,24,25). The monoisotopic (exact) mass is 463 g/mol. The van der Waals surface area contributed by atoms with Crippen molar-refractivity contribution < 1.29 is 17.9 Å². The van der Waals surface area contributed by atoms with E-state index in [1.165, 1.54) is 12.1 Å². The van der Waals surface area contributed by atoms with Crippen LogP contribution in [0, 0.1) is 0 Å². The number of thiophene rings is 1. The summed E-state index contributed by atoms with van der Waals surface area (Å²) in [5.41, 5.74) is 0.970. The smallest absolute Gasteiger partial charge is 0.220 e. The zero-order valence-electron chi connectivity index (χ0n) is 16.4. The van der Waals surface area contributed by atoms with Gasteiger partial charge >= 0.3 is 0 Å². The molecular formula is C22H22ClNO4S2. The molecule has 0 saturated heterocycles. The van der Waals surface area contributed by atoms with Crippen LogP contribution in [-0.2, 0) is 14.6 Å². The quantitative estimate of drug-likeness (QED) is 0.459. The van der Waals surface area contributed by atoms with Crippen LogP contribution in [0.1, 0.15) is 29.3 Å². The van der Waals surface area contributed by atoms with Crippen LogP contribution in [0.2, 0.25) is 5.02 Å². The normalized spacial score (nSPS) is 12.3. The SMILES string of the molecule is CS(=O)(=O)c1ccc(OCCCC(=O)NC(c2ccc(Cl)cc2)c2cccs2)cc1. The van der Waals surface area contributed by atoms with Gasteiger partial charge in [-0.05, 0) is 59.8 Å². The zero-order chi connectivity index (χ0) is 21.6. The predicted molar refractivity (Wildman–Crippen MR) is 120 cm³/mol. The average Bonchev–Trinajstić information content (AvgIpc) is 3.24. The highest BCUT2D eigenvalue weighted by molar-refractivity contribution is 7.90. The van der Waals surface area contributed by atoms with Gasteiger partial charge in [0.1, 0.15) is 5.75 Å². The van der Waals surface area contributed by atoms with Crippen molar-refractivity contribution in [3.05, 3.63) is 81.5 Å². The Hall–Kier alpha value is -2.35. The van der Waals surface area contributed by atoms with Crippen molar-refractivity contribution in [2.24, 2.45) is 0 Å². The van der Waals surface area contributed by atoms with Crippen molar-refractivity contribution in [3.63, 3.8) is 0 Å². The molecular weight excluding hydrogens is 442 g/mol. The summed E-state index contributed by atoms with van der Waals surface area (Å²) in [4.78, 5) is 13.8. The third-order valence-electron chi connectivity index (χ3n) is 4.41. The van der Waals surface area contributed by atoms with E-state index in [0.717, 1.165) is 16.7 Å². The topological polar surface area (TPSA) is 72.5 Å². The number of benzene rings is 2. The van der Waals surface area contributed by atoms with Gasteiger partial charge in [-0.3, -0.25) is 4.79 Å². The molecule has 8 heteroatoms. The molecule has 3 aromatic rings. The van der Waals surface area contributed by atoms with E-state index in [1.807, 2.05) is 41.8 Å². The summed E-state index contributed by atoms with van der Waals surface area (Å²) in [5, 5.41) is 5.71. The van der Waals surface area contributed by atoms with Gasteiger partial charge in [0, 0.05) is 22.6 Å². The van der Waals surface area contributed by atoms with Gasteiger partial charge < -0.3 is 10.1 Å². The Morgan fingerprint density at radius 3 is 2.40 bits per heavy atom. The van der Waals surface area contributed by atoms with Crippen molar-refractivity contribution in [2.75, 3.05) is 12.9 Å². The number of hydrogen-bond donors (Lipinski definition) is 1. The lowest BCUT2D eigenvalue weighted by Crippen LogP contribution is -2.28. The van der Waals surface area contributed by atoms with Gasteiger partial charge in [-0.1, -0.05) is 29.8 Å². The van der Waals surface area contributed by atoms with E-state index >= 15 is 0 Å². The van der Waals surface area contributed by atoms with Gasteiger partial charge in [-0.2, -0.15) is 0 Å². The molecule has 1 unspecified atom stereocenters. The Labute approximate surface area is 185 Å². The molecule has 1 atom stereocenters. The Morgan fingerprint density at radius 2 is 1.80 bits per heavy atom. The van der Waals surface area contributed by atoms with E-state index in [-0.39, 0.29) is 16.8 Å². The number of carbonyl (C=O) groups excluding carboxylic acids is 1. The number of nitrogens with one attached hydrogen (secondary N) is 1. The Kier molecular flexibility index (Phi) is 7.53. The first-order chi connectivity index (χ1) is 14.3. The van der Waals surface area contributed by atoms with E-state index in [0.29, 0.717) is 30.2 Å². The summed E-state index contributed by atoms with van der Waals surface area (Å²) in [6.07, 6.45) is 2.02. The Bertz CT molecular complexity index is 1060. The molecule has 1 N–H and O–H groups in total. The number of rotatable bonds is 9. The summed E-state index contributed by atoms with van der Waals surface area (Å²) >= 11 is 7.57. The van der Waals surface area contributed by atoms with Crippen LogP contribution >= 0.6 is 22.9 Å². The summed E-state index contributed by atoms with van der Waals surface area (Å²) < 4.78 is 28.6. The fourth-order valence-corrected chi connectivity index (χ4v) is 4.43. The molecule has 5 nitrogen and oxygen atoms in total. The molecule has 0 radical (unpaired) electrons. The molecule has 158 valence electrons. The van der Waals surface area contributed by atoms with Gasteiger partial charge in [0.25, 0.3) is 0 Å². The van der Waals surface area contributed by atoms with Gasteiger partial charge in [-0.15, -0.1) is 11.3 Å². The van der Waals surface area contributed by atoms with Gasteiger partial charge in [0.15, 0.2) is 9.84 Å². The Balaban J connectivity index is 1.52. The molecule has 0 aliphatic rings. The molecule has 30 heavy (non-hydrogen) atoms.